The number of nitro benzene ring substituents is 1. The number of nitro groups is 1. The van der Waals surface area contributed by atoms with Crippen molar-refractivity contribution in [1.29, 1.82) is 0 Å². The third kappa shape index (κ3) is 6.62. The number of likely N-dealkylation sites (N-methyl/N-ethyl adjacent to an activating group) is 1. The van der Waals surface area contributed by atoms with E-state index >= 15 is 0 Å². The predicted octanol–water partition coefficient (Wildman–Crippen LogP) is 3.91. The largest absolute Gasteiger partial charge is 0.357 e. The van der Waals surface area contributed by atoms with Crippen molar-refractivity contribution in [3.63, 3.8) is 0 Å². The van der Waals surface area contributed by atoms with Gasteiger partial charge in [-0.3, -0.25) is 10.1 Å². The lowest BCUT2D eigenvalue weighted by Crippen LogP contribution is -2.39. The summed E-state index contributed by atoms with van der Waals surface area (Å²) >= 11 is 1.74. The number of thiophene rings is 1. The molecule has 0 aliphatic carbocycles. The van der Waals surface area contributed by atoms with Gasteiger partial charge in [-0.25, -0.2) is 4.99 Å². The van der Waals surface area contributed by atoms with Crippen molar-refractivity contribution in [3.05, 3.63) is 62.3 Å². The van der Waals surface area contributed by atoms with Gasteiger partial charge in [-0.05, 0) is 24.8 Å². The highest BCUT2D eigenvalue weighted by atomic mass is 127. The molecule has 1 aromatic heterocycles. The minimum absolute atomic E-state index is 0. The number of benzene rings is 1. The topological polar surface area (TPSA) is 70.8 Å². The lowest BCUT2D eigenvalue weighted by Gasteiger charge is -2.21. The van der Waals surface area contributed by atoms with Gasteiger partial charge in [0.25, 0.3) is 5.69 Å². The summed E-state index contributed by atoms with van der Waals surface area (Å²) < 4.78 is 0. The summed E-state index contributed by atoms with van der Waals surface area (Å²) in [6.07, 6.45) is 0.948. The Morgan fingerprint density at radius 3 is 2.72 bits per heavy atom. The van der Waals surface area contributed by atoms with Crippen molar-refractivity contribution in [3.8, 4) is 0 Å². The molecule has 8 heteroatoms. The van der Waals surface area contributed by atoms with Gasteiger partial charge in [0.1, 0.15) is 0 Å². The SMILES string of the molecule is CCNC(=NCc1ccccc1[N+](=O)[O-])N(C)CCc1cccs1.I. The summed E-state index contributed by atoms with van der Waals surface area (Å²) in [6, 6.07) is 10.9. The average Bonchev–Trinajstić information content (AvgIpc) is 3.10. The molecule has 0 amide bonds. The zero-order valence-corrected chi connectivity index (χ0v) is 17.5. The van der Waals surface area contributed by atoms with Crippen molar-refractivity contribution in [2.75, 3.05) is 20.1 Å². The molecule has 0 bridgehead atoms. The maximum atomic E-state index is 11.1. The second kappa shape index (κ2) is 11.0. The standard InChI is InChI=1S/C17H22N4O2S.HI/c1-3-18-17(20(2)11-10-15-8-6-12-24-15)19-13-14-7-4-5-9-16(14)21(22)23;/h4-9,12H,3,10-11,13H2,1-2H3,(H,18,19);1H. The molecule has 0 saturated carbocycles. The third-order valence-corrected chi connectivity index (χ3v) is 4.49. The van der Waals surface area contributed by atoms with Crippen molar-refractivity contribution >= 4 is 47.0 Å². The molecule has 25 heavy (non-hydrogen) atoms. The number of para-hydroxylation sites is 1. The number of hydrogen-bond acceptors (Lipinski definition) is 4. The Bertz CT molecular complexity index is 692. The fourth-order valence-electron chi connectivity index (χ4n) is 2.29. The quantitative estimate of drug-likeness (QED) is 0.217. The first-order valence-electron chi connectivity index (χ1n) is 7.86. The molecule has 0 radical (unpaired) electrons. The summed E-state index contributed by atoms with van der Waals surface area (Å²) in [4.78, 5) is 18.7. The second-order valence-electron chi connectivity index (χ2n) is 5.31. The van der Waals surface area contributed by atoms with E-state index in [4.69, 9.17) is 0 Å². The van der Waals surface area contributed by atoms with E-state index in [9.17, 15) is 10.1 Å². The maximum absolute atomic E-state index is 11.1. The molecular weight excluding hydrogens is 451 g/mol. The van der Waals surface area contributed by atoms with E-state index in [0.29, 0.717) is 5.56 Å². The van der Waals surface area contributed by atoms with Gasteiger partial charge in [-0.1, -0.05) is 24.3 Å². The Hall–Kier alpha value is -1.68. The molecule has 0 spiro atoms. The van der Waals surface area contributed by atoms with E-state index < -0.39 is 0 Å². The van der Waals surface area contributed by atoms with Crippen molar-refractivity contribution < 1.29 is 4.92 Å². The molecule has 6 nitrogen and oxygen atoms in total. The average molecular weight is 474 g/mol. The fraction of sp³-hybridized carbons (Fsp3) is 0.353. The lowest BCUT2D eigenvalue weighted by molar-refractivity contribution is -0.385. The highest BCUT2D eigenvalue weighted by Gasteiger charge is 2.13. The van der Waals surface area contributed by atoms with Gasteiger partial charge in [0.15, 0.2) is 5.96 Å². The van der Waals surface area contributed by atoms with Crippen LogP contribution in [0.5, 0.6) is 0 Å². The van der Waals surface area contributed by atoms with Gasteiger partial charge in [0.05, 0.1) is 17.0 Å². The Morgan fingerprint density at radius 1 is 1.32 bits per heavy atom. The number of nitrogens with one attached hydrogen (secondary N) is 1. The summed E-state index contributed by atoms with van der Waals surface area (Å²) in [5.74, 6) is 0.757. The first-order valence-corrected chi connectivity index (χ1v) is 8.74. The van der Waals surface area contributed by atoms with Gasteiger partial charge < -0.3 is 10.2 Å². The van der Waals surface area contributed by atoms with E-state index in [1.54, 1.807) is 29.5 Å². The Morgan fingerprint density at radius 2 is 2.08 bits per heavy atom. The second-order valence-corrected chi connectivity index (χ2v) is 6.34. The monoisotopic (exact) mass is 474 g/mol. The van der Waals surface area contributed by atoms with E-state index in [1.807, 2.05) is 20.0 Å². The van der Waals surface area contributed by atoms with Crippen LogP contribution in [0.2, 0.25) is 0 Å². The molecule has 136 valence electrons. The summed E-state index contributed by atoms with van der Waals surface area (Å²) in [5, 5.41) is 16.4. The molecule has 0 atom stereocenters. The molecule has 1 aromatic carbocycles. The molecule has 0 aliphatic heterocycles. The highest BCUT2D eigenvalue weighted by molar-refractivity contribution is 14.0. The third-order valence-electron chi connectivity index (χ3n) is 3.56. The summed E-state index contributed by atoms with van der Waals surface area (Å²) in [5.41, 5.74) is 0.725. The number of guanidine groups is 1. The maximum Gasteiger partial charge on any atom is 0.274 e. The number of aliphatic imine (C=N–C) groups is 1. The molecular formula is C17H23IN4O2S. The Labute approximate surface area is 169 Å². The summed E-state index contributed by atoms with van der Waals surface area (Å²) in [7, 11) is 1.98. The Balaban J connectivity index is 0.00000312. The van der Waals surface area contributed by atoms with Gasteiger partial charge in [-0.15, -0.1) is 35.3 Å². The smallest absolute Gasteiger partial charge is 0.274 e. The van der Waals surface area contributed by atoms with E-state index in [2.05, 4.69) is 26.7 Å². The molecule has 2 aromatic rings. The van der Waals surface area contributed by atoms with Crippen molar-refractivity contribution in [2.45, 2.75) is 19.9 Å². The Kier molecular flexibility index (Phi) is 9.43. The number of rotatable bonds is 7. The van der Waals surface area contributed by atoms with Gasteiger partial charge in [-0.2, -0.15) is 0 Å². The highest BCUT2D eigenvalue weighted by Crippen LogP contribution is 2.18. The molecule has 0 unspecified atom stereocenters. The van der Waals surface area contributed by atoms with Crippen LogP contribution in [0.3, 0.4) is 0 Å². The number of nitrogens with zero attached hydrogens (tertiary/aromatic N) is 3. The first kappa shape index (κ1) is 21.4. The molecule has 0 saturated heterocycles. The van der Waals surface area contributed by atoms with Crippen LogP contribution in [0, 0.1) is 10.1 Å². The van der Waals surface area contributed by atoms with Crippen LogP contribution >= 0.6 is 35.3 Å². The lowest BCUT2D eigenvalue weighted by atomic mass is 10.2. The van der Waals surface area contributed by atoms with Gasteiger partial charge in [0, 0.05) is 31.1 Å². The van der Waals surface area contributed by atoms with Crippen molar-refractivity contribution in [1.82, 2.24) is 10.2 Å². The molecule has 1 heterocycles. The van der Waals surface area contributed by atoms with Crippen molar-refractivity contribution in [2.24, 2.45) is 4.99 Å². The summed E-state index contributed by atoms with van der Waals surface area (Å²) in [6.45, 7) is 3.87. The molecule has 0 fully saturated rings. The number of halogens is 1. The van der Waals surface area contributed by atoms with E-state index in [0.717, 1.165) is 25.5 Å². The minimum atomic E-state index is -0.363. The minimum Gasteiger partial charge on any atom is -0.357 e. The number of hydrogen-bond donors (Lipinski definition) is 1. The predicted molar refractivity (Wildman–Crippen MR) is 114 cm³/mol. The molecule has 0 aliphatic rings. The van der Waals surface area contributed by atoms with Crippen LogP contribution in [-0.2, 0) is 13.0 Å². The van der Waals surface area contributed by atoms with Crippen LogP contribution in [0.15, 0.2) is 46.8 Å². The normalized spacial score (nSPS) is 10.9. The van der Waals surface area contributed by atoms with Gasteiger partial charge >= 0.3 is 0 Å². The molecule has 2 rings (SSSR count). The van der Waals surface area contributed by atoms with Crippen LogP contribution in [0.1, 0.15) is 17.4 Å². The fourth-order valence-corrected chi connectivity index (χ4v) is 2.99. The van der Waals surface area contributed by atoms with E-state index in [1.165, 1.54) is 10.9 Å². The van der Waals surface area contributed by atoms with Crippen LogP contribution < -0.4 is 5.32 Å². The zero-order valence-electron chi connectivity index (χ0n) is 14.3. The van der Waals surface area contributed by atoms with Crippen LogP contribution in [0.4, 0.5) is 5.69 Å². The molecule has 1 N–H and O–H groups in total. The van der Waals surface area contributed by atoms with Gasteiger partial charge in [0.2, 0.25) is 0 Å². The first-order chi connectivity index (χ1) is 11.6. The zero-order chi connectivity index (χ0) is 17.4. The van der Waals surface area contributed by atoms with Crippen LogP contribution in [-0.4, -0.2) is 35.9 Å². The van der Waals surface area contributed by atoms with Crippen LogP contribution in [0.25, 0.3) is 0 Å². The van der Waals surface area contributed by atoms with E-state index in [-0.39, 0.29) is 41.1 Å².